The van der Waals surface area contributed by atoms with Crippen molar-refractivity contribution in [2.24, 2.45) is 0 Å². The first-order chi connectivity index (χ1) is 11.6. The van der Waals surface area contributed by atoms with E-state index in [4.69, 9.17) is 4.74 Å². The highest BCUT2D eigenvalue weighted by Gasteiger charge is 2.08. The van der Waals surface area contributed by atoms with Crippen LogP contribution in [0.2, 0.25) is 0 Å². The van der Waals surface area contributed by atoms with Crippen LogP contribution in [0.15, 0.2) is 48.5 Å². The smallest absolute Gasteiger partial charge is 0.251 e. The summed E-state index contributed by atoms with van der Waals surface area (Å²) >= 11 is 0. The molecule has 0 aromatic heterocycles. The van der Waals surface area contributed by atoms with E-state index >= 15 is 0 Å². The molecule has 24 heavy (non-hydrogen) atoms. The maximum Gasteiger partial charge on any atom is 0.251 e. The zero-order valence-corrected chi connectivity index (χ0v) is 13.4. The fraction of sp³-hybridized carbons (Fsp3) is 0.222. The van der Waals surface area contributed by atoms with Gasteiger partial charge in [0.05, 0.1) is 13.5 Å². The first-order valence-corrected chi connectivity index (χ1v) is 7.56. The van der Waals surface area contributed by atoms with Crippen LogP contribution in [0.4, 0.5) is 0 Å². The summed E-state index contributed by atoms with van der Waals surface area (Å²) in [7, 11) is 1.57. The fourth-order valence-corrected chi connectivity index (χ4v) is 2.18. The molecule has 6 heteroatoms. The van der Waals surface area contributed by atoms with Crippen molar-refractivity contribution in [2.45, 2.75) is 6.42 Å². The van der Waals surface area contributed by atoms with E-state index in [0.29, 0.717) is 24.4 Å². The van der Waals surface area contributed by atoms with Crippen LogP contribution in [0.5, 0.6) is 11.5 Å². The molecule has 126 valence electrons. The van der Waals surface area contributed by atoms with E-state index in [1.807, 2.05) is 18.2 Å². The quantitative estimate of drug-likeness (QED) is 0.672. The fourth-order valence-electron chi connectivity index (χ4n) is 2.18. The van der Waals surface area contributed by atoms with Crippen molar-refractivity contribution >= 4 is 11.8 Å². The summed E-state index contributed by atoms with van der Waals surface area (Å²) in [6, 6.07) is 13.3. The van der Waals surface area contributed by atoms with Gasteiger partial charge in [-0.15, -0.1) is 0 Å². The average Bonchev–Trinajstić information content (AvgIpc) is 2.59. The lowest BCUT2D eigenvalue weighted by Gasteiger charge is -2.09. The molecule has 2 rings (SSSR count). The maximum absolute atomic E-state index is 11.9. The van der Waals surface area contributed by atoms with Crippen molar-refractivity contribution in [3.63, 3.8) is 0 Å². The van der Waals surface area contributed by atoms with E-state index in [1.165, 1.54) is 24.3 Å². The highest BCUT2D eigenvalue weighted by molar-refractivity contribution is 5.94. The Morgan fingerprint density at radius 3 is 2.38 bits per heavy atom. The molecule has 0 unspecified atom stereocenters. The molecule has 0 spiro atoms. The molecule has 0 saturated carbocycles. The minimum Gasteiger partial charge on any atom is -0.508 e. The average molecular weight is 328 g/mol. The number of phenolic OH excluding ortho intramolecular Hbond substituents is 1. The van der Waals surface area contributed by atoms with Crippen molar-refractivity contribution in [1.82, 2.24) is 10.6 Å². The molecule has 0 atom stereocenters. The molecule has 6 nitrogen and oxygen atoms in total. The van der Waals surface area contributed by atoms with Gasteiger partial charge in [0.2, 0.25) is 5.91 Å². The van der Waals surface area contributed by atoms with Crippen LogP contribution in [0, 0.1) is 0 Å². The highest BCUT2D eigenvalue weighted by atomic mass is 16.5. The molecule has 0 bridgehead atoms. The van der Waals surface area contributed by atoms with Gasteiger partial charge in [-0.3, -0.25) is 9.59 Å². The Labute approximate surface area is 140 Å². The number of hydrogen-bond donors (Lipinski definition) is 3. The molecule has 0 aliphatic rings. The van der Waals surface area contributed by atoms with Gasteiger partial charge in [-0.2, -0.15) is 0 Å². The Balaban J connectivity index is 1.73. The summed E-state index contributed by atoms with van der Waals surface area (Å²) in [5.74, 6) is 0.385. The van der Waals surface area contributed by atoms with Gasteiger partial charge in [0.15, 0.2) is 0 Å². The molecular weight excluding hydrogens is 308 g/mol. The van der Waals surface area contributed by atoms with Gasteiger partial charge in [0.1, 0.15) is 11.5 Å². The molecule has 2 aromatic carbocycles. The second-order valence-electron chi connectivity index (χ2n) is 5.14. The maximum atomic E-state index is 11.9. The van der Waals surface area contributed by atoms with Crippen LogP contribution in [0.3, 0.4) is 0 Å². The van der Waals surface area contributed by atoms with E-state index in [9.17, 15) is 14.7 Å². The third-order valence-corrected chi connectivity index (χ3v) is 3.41. The van der Waals surface area contributed by atoms with E-state index in [0.717, 1.165) is 5.56 Å². The number of rotatable bonds is 7. The molecular formula is C18H20N2O4. The minimum atomic E-state index is -0.256. The highest BCUT2D eigenvalue weighted by Crippen LogP contribution is 2.17. The lowest BCUT2D eigenvalue weighted by Crippen LogP contribution is -2.35. The van der Waals surface area contributed by atoms with Crippen LogP contribution in [0.1, 0.15) is 15.9 Å². The van der Waals surface area contributed by atoms with Gasteiger partial charge in [0, 0.05) is 24.2 Å². The van der Waals surface area contributed by atoms with Crippen LogP contribution in [-0.4, -0.2) is 37.1 Å². The van der Waals surface area contributed by atoms with Crippen LogP contribution in [-0.2, 0) is 11.2 Å². The van der Waals surface area contributed by atoms with Crippen molar-refractivity contribution in [3.8, 4) is 11.5 Å². The van der Waals surface area contributed by atoms with Gasteiger partial charge in [-0.05, 0) is 30.3 Å². The number of ether oxygens (including phenoxy) is 1. The largest absolute Gasteiger partial charge is 0.508 e. The van der Waals surface area contributed by atoms with Gasteiger partial charge < -0.3 is 20.5 Å². The zero-order valence-electron chi connectivity index (χ0n) is 13.4. The van der Waals surface area contributed by atoms with Crippen molar-refractivity contribution in [1.29, 1.82) is 0 Å². The zero-order chi connectivity index (χ0) is 17.4. The van der Waals surface area contributed by atoms with E-state index in [-0.39, 0.29) is 24.0 Å². The predicted molar refractivity (Wildman–Crippen MR) is 90.1 cm³/mol. The van der Waals surface area contributed by atoms with E-state index in [2.05, 4.69) is 10.6 Å². The molecule has 0 fully saturated rings. The number of nitrogens with one attached hydrogen (secondary N) is 2. The van der Waals surface area contributed by atoms with Crippen molar-refractivity contribution < 1.29 is 19.4 Å². The second kappa shape index (κ2) is 8.57. The Kier molecular flexibility index (Phi) is 6.19. The summed E-state index contributed by atoms with van der Waals surface area (Å²) in [5.41, 5.74) is 1.26. The Hall–Kier alpha value is -3.02. The first kappa shape index (κ1) is 17.3. The van der Waals surface area contributed by atoms with Crippen molar-refractivity contribution in [2.75, 3.05) is 20.2 Å². The molecule has 0 saturated heterocycles. The number of benzene rings is 2. The number of carbonyl (C=O) groups excluding carboxylic acids is 2. The van der Waals surface area contributed by atoms with Crippen molar-refractivity contribution in [3.05, 3.63) is 59.7 Å². The lowest BCUT2D eigenvalue weighted by molar-refractivity contribution is -0.120. The summed E-state index contributed by atoms with van der Waals surface area (Å²) in [6.45, 7) is 0.648. The monoisotopic (exact) mass is 328 g/mol. The summed E-state index contributed by atoms with van der Waals surface area (Å²) < 4.78 is 5.21. The number of methoxy groups -OCH3 is 1. The molecule has 0 aliphatic heterocycles. The third kappa shape index (κ3) is 5.01. The van der Waals surface area contributed by atoms with Crippen LogP contribution in [0.25, 0.3) is 0 Å². The number of para-hydroxylation sites is 1. The summed E-state index contributed by atoms with van der Waals surface area (Å²) in [5, 5.41) is 14.6. The van der Waals surface area contributed by atoms with E-state index in [1.54, 1.807) is 13.2 Å². The van der Waals surface area contributed by atoms with Gasteiger partial charge in [-0.25, -0.2) is 0 Å². The van der Waals surface area contributed by atoms with E-state index < -0.39 is 0 Å². The lowest BCUT2D eigenvalue weighted by atomic mass is 10.1. The Bertz CT molecular complexity index is 698. The molecule has 3 N–H and O–H groups in total. The number of phenols is 1. The normalized spacial score (nSPS) is 10.0. The predicted octanol–water partition coefficient (Wildman–Crippen LogP) is 1.49. The van der Waals surface area contributed by atoms with Crippen LogP contribution < -0.4 is 15.4 Å². The molecule has 0 radical (unpaired) electrons. The number of hydrogen-bond acceptors (Lipinski definition) is 4. The molecule has 2 amide bonds. The topological polar surface area (TPSA) is 87.7 Å². The number of aromatic hydroxyl groups is 1. The third-order valence-electron chi connectivity index (χ3n) is 3.41. The first-order valence-electron chi connectivity index (χ1n) is 7.56. The minimum absolute atomic E-state index is 0.107. The summed E-state index contributed by atoms with van der Waals surface area (Å²) in [6.07, 6.45) is 0.218. The molecule has 0 heterocycles. The molecule has 2 aromatic rings. The number of amides is 2. The van der Waals surface area contributed by atoms with Gasteiger partial charge in [0.25, 0.3) is 5.91 Å². The SMILES string of the molecule is COc1ccccc1CC(=O)NCCNC(=O)c1ccc(O)cc1. The Morgan fingerprint density at radius 1 is 1.00 bits per heavy atom. The number of carbonyl (C=O) groups is 2. The second-order valence-corrected chi connectivity index (χ2v) is 5.14. The van der Waals surface area contributed by atoms with Gasteiger partial charge in [-0.1, -0.05) is 18.2 Å². The standard InChI is InChI=1S/C18H20N2O4/c1-24-16-5-3-2-4-14(16)12-17(22)19-10-11-20-18(23)13-6-8-15(21)9-7-13/h2-9,21H,10-12H2,1H3,(H,19,22)(H,20,23). The summed E-state index contributed by atoms with van der Waals surface area (Å²) in [4.78, 5) is 23.8. The molecule has 0 aliphatic carbocycles. The Morgan fingerprint density at radius 2 is 1.67 bits per heavy atom. The van der Waals surface area contributed by atoms with Crippen LogP contribution >= 0.6 is 0 Å². The van der Waals surface area contributed by atoms with Gasteiger partial charge >= 0.3 is 0 Å².